The molecule has 1 aliphatic heterocycles. The second-order valence-electron chi connectivity index (χ2n) is 5.35. The number of ether oxygens (including phenoxy) is 1. The highest BCUT2D eigenvalue weighted by Crippen LogP contribution is 2.22. The number of urea groups is 1. The van der Waals surface area contributed by atoms with Gasteiger partial charge < -0.3 is 15.0 Å². The van der Waals surface area contributed by atoms with Crippen molar-refractivity contribution in [3.05, 3.63) is 29.8 Å². The predicted molar refractivity (Wildman–Crippen MR) is 84.8 cm³/mol. The van der Waals surface area contributed by atoms with Gasteiger partial charge in [0.1, 0.15) is 6.54 Å². The molecule has 2 rings (SSSR count). The van der Waals surface area contributed by atoms with Gasteiger partial charge in [-0.15, -0.1) is 0 Å². The smallest absolute Gasteiger partial charge is 0.325 e. The van der Waals surface area contributed by atoms with Gasteiger partial charge in [-0.25, -0.2) is 13.6 Å². The van der Waals surface area contributed by atoms with E-state index in [1.807, 2.05) is 6.92 Å². The fourth-order valence-corrected chi connectivity index (χ4v) is 2.40. The van der Waals surface area contributed by atoms with Crippen molar-refractivity contribution >= 4 is 17.6 Å². The van der Waals surface area contributed by atoms with E-state index in [1.165, 1.54) is 15.9 Å². The Morgan fingerprint density at radius 2 is 2.08 bits per heavy atom. The Morgan fingerprint density at radius 3 is 2.79 bits per heavy atom. The highest BCUT2D eigenvalue weighted by atomic mass is 19.2. The predicted octanol–water partition coefficient (Wildman–Crippen LogP) is 1.75. The van der Waals surface area contributed by atoms with Gasteiger partial charge >= 0.3 is 6.03 Å². The van der Waals surface area contributed by atoms with Crippen molar-refractivity contribution < 1.29 is 23.1 Å². The molecule has 1 N–H and O–H groups in total. The summed E-state index contributed by atoms with van der Waals surface area (Å²) in [4.78, 5) is 26.8. The molecule has 1 aliphatic rings. The third kappa shape index (κ3) is 4.64. The molecule has 6 nitrogen and oxygen atoms in total. The summed E-state index contributed by atoms with van der Waals surface area (Å²) < 4.78 is 31.4. The summed E-state index contributed by atoms with van der Waals surface area (Å²) in [5.74, 6) is -2.23. The quantitative estimate of drug-likeness (QED) is 0.733. The van der Waals surface area contributed by atoms with Crippen molar-refractivity contribution in [1.29, 1.82) is 0 Å². The normalized spacial score (nSPS) is 14.4. The molecular weight excluding hydrogens is 320 g/mol. The fraction of sp³-hybridized carbons (Fsp3) is 0.500. The van der Waals surface area contributed by atoms with E-state index in [0.29, 0.717) is 39.3 Å². The molecular formula is C16H21F2N3O3. The molecule has 0 spiro atoms. The third-order valence-electron chi connectivity index (χ3n) is 3.64. The highest BCUT2D eigenvalue weighted by molar-refractivity contribution is 5.96. The average molecular weight is 341 g/mol. The number of benzene rings is 1. The maximum atomic E-state index is 13.3. The van der Waals surface area contributed by atoms with E-state index < -0.39 is 17.7 Å². The molecule has 3 amide bonds. The third-order valence-corrected chi connectivity index (χ3v) is 3.64. The number of anilines is 1. The highest BCUT2D eigenvalue weighted by Gasteiger charge is 2.31. The number of carbonyl (C=O) groups is 2. The van der Waals surface area contributed by atoms with Crippen LogP contribution in [-0.2, 0) is 9.53 Å². The Morgan fingerprint density at radius 1 is 1.29 bits per heavy atom. The lowest BCUT2D eigenvalue weighted by molar-refractivity contribution is -0.121. The van der Waals surface area contributed by atoms with Crippen molar-refractivity contribution in [2.75, 3.05) is 44.3 Å². The standard InChI is InChI=1S/C16H21F2N3O3/c1-2-24-9-3-6-19-15(22)11-20-7-8-21(16(20)23)12-4-5-13(17)14(18)10-12/h4-5,10H,2-3,6-9,11H2,1H3,(H,19,22). The van der Waals surface area contributed by atoms with Gasteiger partial charge in [0.2, 0.25) is 5.91 Å². The number of hydrogen-bond donors (Lipinski definition) is 1. The molecule has 132 valence electrons. The second kappa shape index (κ2) is 8.58. The summed E-state index contributed by atoms with van der Waals surface area (Å²) in [6.07, 6.45) is 0.703. The van der Waals surface area contributed by atoms with E-state index in [1.54, 1.807) is 0 Å². The Balaban J connectivity index is 1.82. The average Bonchev–Trinajstić information content (AvgIpc) is 2.91. The maximum Gasteiger partial charge on any atom is 0.325 e. The maximum absolute atomic E-state index is 13.3. The van der Waals surface area contributed by atoms with Crippen molar-refractivity contribution in [3.63, 3.8) is 0 Å². The van der Waals surface area contributed by atoms with Crippen molar-refractivity contribution in [1.82, 2.24) is 10.2 Å². The SMILES string of the molecule is CCOCCCNC(=O)CN1CCN(c2ccc(F)c(F)c2)C1=O. The Hall–Kier alpha value is -2.22. The lowest BCUT2D eigenvalue weighted by atomic mass is 10.3. The minimum atomic E-state index is -1.01. The van der Waals surface area contributed by atoms with Gasteiger partial charge in [0.05, 0.1) is 0 Å². The number of nitrogens with zero attached hydrogens (tertiary/aromatic N) is 2. The fourth-order valence-electron chi connectivity index (χ4n) is 2.40. The van der Waals surface area contributed by atoms with Gasteiger partial charge in [-0.3, -0.25) is 9.69 Å². The van der Waals surface area contributed by atoms with Gasteiger partial charge in [-0.05, 0) is 25.5 Å². The molecule has 0 radical (unpaired) electrons. The van der Waals surface area contributed by atoms with Crippen LogP contribution in [0, 0.1) is 11.6 Å². The second-order valence-corrected chi connectivity index (χ2v) is 5.35. The first-order valence-electron chi connectivity index (χ1n) is 7.89. The van der Waals surface area contributed by atoms with E-state index in [9.17, 15) is 18.4 Å². The first kappa shape index (κ1) is 18.1. The van der Waals surface area contributed by atoms with Gasteiger partial charge in [-0.1, -0.05) is 0 Å². The zero-order chi connectivity index (χ0) is 17.5. The first-order valence-corrected chi connectivity index (χ1v) is 7.89. The number of carbonyl (C=O) groups excluding carboxylic acids is 2. The molecule has 24 heavy (non-hydrogen) atoms. The van der Waals surface area contributed by atoms with Crippen molar-refractivity contribution in [3.8, 4) is 0 Å². The molecule has 1 saturated heterocycles. The van der Waals surface area contributed by atoms with Crippen LogP contribution in [0.2, 0.25) is 0 Å². The zero-order valence-corrected chi connectivity index (χ0v) is 13.6. The van der Waals surface area contributed by atoms with Crippen LogP contribution in [0.25, 0.3) is 0 Å². The topological polar surface area (TPSA) is 61.9 Å². The summed E-state index contributed by atoms with van der Waals surface area (Å²) in [5, 5.41) is 2.72. The molecule has 0 unspecified atom stereocenters. The Bertz CT molecular complexity index is 598. The molecule has 0 aromatic heterocycles. The number of halogens is 2. The number of hydrogen-bond acceptors (Lipinski definition) is 3. The van der Waals surface area contributed by atoms with Crippen LogP contribution in [-0.4, -0.2) is 56.2 Å². The minimum absolute atomic E-state index is 0.0619. The van der Waals surface area contributed by atoms with Crippen molar-refractivity contribution in [2.24, 2.45) is 0 Å². The monoisotopic (exact) mass is 341 g/mol. The van der Waals surface area contributed by atoms with E-state index in [4.69, 9.17) is 4.74 Å². The summed E-state index contributed by atoms with van der Waals surface area (Å²) in [5.41, 5.74) is 0.276. The van der Waals surface area contributed by atoms with Crippen LogP contribution in [0.4, 0.5) is 19.3 Å². The molecule has 1 fully saturated rings. The molecule has 1 aromatic carbocycles. The van der Waals surface area contributed by atoms with Crippen LogP contribution in [0.5, 0.6) is 0 Å². The molecule has 1 heterocycles. The van der Waals surface area contributed by atoms with Gasteiger partial charge in [0.25, 0.3) is 0 Å². The Labute approximate surface area is 139 Å². The van der Waals surface area contributed by atoms with E-state index >= 15 is 0 Å². The van der Waals surface area contributed by atoms with E-state index in [0.717, 1.165) is 12.1 Å². The lowest BCUT2D eigenvalue weighted by Crippen LogP contribution is -2.40. The summed E-state index contributed by atoms with van der Waals surface area (Å²) >= 11 is 0. The molecule has 0 bridgehead atoms. The van der Waals surface area contributed by atoms with Crippen molar-refractivity contribution in [2.45, 2.75) is 13.3 Å². The molecule has 0 atom stereocenters. The number of amides is 3. The van der Waals surface area contributed by atoms with E-state index in [2.05, 4.69) is 5.32 Å². The molecule has 0 saturated carbocycles. The van der Waals surface area contributed by atoms with Crippen LogP contribution in [0.15, 0.2) is 18.2 Å². The summed E-state index contributed by atoms with van der Waals surface area (Å²) in [6.45, 7) is 4.20. The molecule has 0 aliphatic carbocycles. The summed E-state index contributed by atoms with van der Waals surface area (Å²) in [6, 6.07) is 2.90. The zero-order valence-electron chi connectivity index (χ0n) is 13.6. The van der Waals surface area contributed by atoms with Crippen LogP contribution >= 0.6 is 0 Å². The molecule has 8 heteroatoms. The molecule has 1 aromatic rings. The summed E-state index contributed by atoms with van der Waals surface area (Å²) in [7, 11) is 0. The first-order chi connectivity index (χ1) is 11.5. The lowest BCUT2D eigenvalue weighted by Gasteiger charge is -2.18. The van der Waals surface area contributed by atoms with Crippen LogP contribution in [0.1, 0.15) is 13.3 Å². The number of nitrogens with one attached hydrogen (secondary N) is 1. The van der Waals surface area contributed by atoms with Gasteiger partial charge in [-0.2, -0.15) is 0 Å². The largest absolute Gasteiger partial charge is 0.382 e. The van der Waals surface area contributed by atoms with E-state index in [-0.39, 0.29) is 18.1 Å². The van der Waals surface area contributed by atoms with Gasteiger partial charge in [0, 0.05) is 44.6 Å². The van der Waals surface area contributed by atoms with Crippen LogP contribution in [0.3, 0.4) is 0 Å². The van der Waals surface area contributed by atoms with Gasteiger partial charge in [0.15, 0.2) is 11.6 Å². The van der Waals surface area contributed by atoms with Crippen LogP contribution < -0.4 is 10.2 Å². The number of rotatable bonds is 8. The minimum Gasteiger partial charge on any atom is -0.382 e. The Kier molecular flexibility index (Phi) is 6.48.